The van der Waals surface area contributed by atoms with Crippen LogP contribution >= 0.6 is 0 Å². The molecular formula is C14H17NO3. The molecule has 18 heavy (non-hydrogen) atoms. The fourth-order valence-electron chi connectivity index (χ4n) is 2.04. The normalized spacial score (nSPS) is 19.2. The Bertz CT molecular complexity index is 470. The highest BCUT2D eigenvalue weighted by Crippen LogP contribution is 2.26. The number of fused-ring (bicyclic) bond motifs is 1. The van der Waals surface area contributed by atoms with Gasteiger partial charge in [0.25, 0.3) is 5.91 Å². The van der Waals surface area contributed by atoms with Crippen LogP contribution in [0.4, 0.5) is 5.69 Å². The number of hydrogen-bond acceptors (Lipinski definition) is 3. The summed E-state index contributed by atoms with van der Waals surface area (Å²) >= 11 is 0. The number of rotatable bonds is 3. The molecule has 1 unspecified atom stereocenters. The maximum atomic E-state index is 12.2. The van der Waals surface area contributed by atoms with Gasteiger partial charge in [0.1, 0.15) is 0 Å². The average molecular weight is 247 g/mol. The van der Waals surface area contributed by atoms with E-state index < -0.39 is 12.1 Å². The Morgan fingerprint density at radius 1 is 1.28 bits per heavy atom. The van der Waals surface area contributed by atoms with Crippen molar-refractivity contribution in [2.75, 3.05) is 11.4 Å². The van der Waals surface area contributed by atoms with Crippen molar-refractivity contribution in [3.63, 3.8) is 0 Å². The van der Waals surface area contributed by atoms with E-state index in [1.807, 2.05) is 6.07 Å². The summed E-state index contributed by atoms with van der Waals surface area (Å²) in [5.41, 5.74) is 1.12. The lowest BCUT2D eigenvalue weighted by Gasteiger charge is -2.22. The predicted octanol–water partition coefficient (Wildman–Crippen LogP) is 2.38. The van der Waals surface area contributed by atoms with Crippen molar-refractivity contribution < 1.29 is 14.3 Å². The van der Waals surface area contributed by atoms with Gasteiger partial charge < -0.3 is 9.64 Å². The van der Waals surface area contributed by atoms with Gasteiger partial charge in [-0.15, -0.1) is 0 Å². The van der Waals surface area contributed by atoms with Gasteiger partial charge in [0.05, 0.1) is 11.3 Å². The van der Waals surface area contributed by atoms with E-state index in [2.05, 4.69) is 6.92 Å². The van der Waals surface area contributed by atoms with Crippen molar-refractivity contribution >= 4 is 17.6 Å². The Morgan fingerprint density at radius 3 is 2.72 bits per heavy atom. The predicted molar refractivity (Wildman–Crippen MR) is 68.6 cm³/mol. The first-order valence-corrected chi connectivity index (χ1v) is 6.26. The third kappa shape index (κ3) is 2.23. The molecular weight excluding hydrogens is 230 g/mol. The second kappa shape index (κ2) is 5.21. The molecule has 0 saturated carbocycles. The number of carbonyl (C=O) groups is 2. The molecule has 1 aromatic rings. The third-order valence-electron chi connectivity index (χ3n) is 3.05. The van der Waals surface area contributed by atoms with Gasteiger partial charge in [-0.3, -0.25) is 4.79 Å². The van der Waals surface area contributed by atoms with E-state index in [1.165, 1.54) is 0 Å². The van der Waals surface area contributed by atoms with E-state index in [1.54, 1.807) is 30.0 Å². The van der Waals surface area contributed by atoms with Gasteiger partial charge in [-0.05, 0) is 25.5 Å². The van der Waals surface area contributed by atoms with Crippen molar-refractivity contribution in [3.05, 3.63) is 29.8 Å². The highest BCUT2D eigenvalue weighted by atomic mass is 16.5. The van der Waals surface area contributed by atoms with Gasteiger partial charge in [0.2, 0.25) is 0 Å². The molecule has 4 nitrogen and oxygen atoms in total. The lowest BCUT2D eigenvalue weighted by atomic mass is 10.1. The number of hydrogen-bond donors (Lipinski definition) is 0. The fourth-order valence-corrected chi connectivity index (χ4v) is 2.04. The summed E-state index contributed by atoms with van der Waals surface area (Å²) in [6.07, 6.45) is 1.18. The summed E-state index contributed by atoms with van der Waals surface area (Å²) < 4.78 is 5.13. The van der Waals surface area contributed by atoms with Gasteiger partial charge in [-0.25, -0.2) is 4.79 Å². The summed E-state index contributed by atoms with van der Waals surface area (Å²) in [5.74, 6) is -0.577. The number of cyclic esters (lactones) is 1. The molecule has 1 aliphatic rings. The van der Waals surface area contributed by atoms with E-state index in [0.717, 1.165) is 12.8 Å². The lowest BCUT2D eigenvalue weighted by molar-refractivity contribution is -0.126. The van der Waals surface area contributed by atoms with E-state index in [0.29, 0.717) is 17.8 Å². The molecule has 96 valence electrons. The largest absolute Gasteiger partial charge is 0.449 e. The summed E-state index contributed by atoms with van der Waals surface area (Å²) in [6.45, 7) is 4.30. The molecule has 0 radical (unpaired) electrons. The number of amides is 1. The highest BCUT2D eigenvalue weighted by Gasteiger charge is 2.32. The number of para-hydroxylation sites is 1. The molecule has 0 spiro atoms. The topological polar surface area (TPSA) is 46.6 Å². The van der Waals surface area contributed by atoms with Gasteiger partial charge in [0, 0.05) is 6.54 Å². The molecule has 0 N–H and O–H groups in total. The van der Waals surface area contributed by atoms with Crippen LogP contribution in [-0.2, 0) is 9.53 Å². The van der Waals surface area contributed by atoms with E-state index in [4.69, 9.17) is 4.74 Å². The Balaban J connectivity index is 2.43. The number of benzene rings is 1. The number of unbranched alkanes of at least 4 members (excludes halogenated alkanes) is 1. The van der Waals surface area contributed by atoms with Crippen LogP contribution < -0.4 is 4.90 Å². The maximum Gasteiger partial charge on any atom is 0.341 e. The SMILES string of the molecule is CCCCN1C(=O)C(C)OC(=O)c2ccccc21. The van der Waals surface area contributed by atoms with Crippen LogP contribution in [-0.4, -0.2) is 24.5 Å². The summed E-state index contributed by atoms with van der Waals surface area (Å²) in [5, 5.41) is 0. The Kier molecular flexibility index (Phi) is 3.65. The van der Waals surface area contributed by atoms with Crippen molar-refractivity contribution in [2.24, 2.45) is 0 Å². The number of esters is 1. The summed E-state index contributed by atoms with van der Waals surface area (Å²) in [4.78, 5) is 25.7. The van der Waals surface area contributed by atoms with Crippen LogP contribution in [0, 0.1) is 0 Å². The number of carbonyl (C=O) groups excluding carboxylic acids is 2. The highest BCUT2D eigenvalue weighted by molar-refractivity contribution is 6.07. The van der Waals surface area contributed by atoms with Crippen LogP contribution in [0.5, 0.6) is 0 Å². The molecule has 0 aliphatic carbocycles. The summed E-state index contributed by atoms with van der Waals surface area (Å²) in [7, 11) is 0. The minimum atomic E-state index is -0.721. The van der Waals surface area contributed by atoms with E-state index >= 15 is 0 Å². The van der Waals surface area contributed by atoms with Crippen molar-refractivity contribution in [2.45, 2.75) is 32.8 Å². The standard InChI is InChI=1S/C14H17NO3/c1-3-4-9-15-12-8-6-5-7-11(12)14(17)18-10(2)13(15)16/h5-8,10H,3-4,9H2,1-2H3. The zero-order chi connectivity index (χ0) is 13.1. The Labute approximate surface area is 107 Å². The average Bonchev–Trinajstić information content (AvgIpc) is 2.46. The second-order valence-electron chi connectivity index (χ2n) is 4.41. The van der Waals surface area contributed by atoms with Crippen molar-refractivity contribution in [3.8, 4) is 0 Å². The van der Waals surface area contributed by atoms with Crippen LogP contribution in [0.2, 0.25) is 0 Å². The maximum absolute atomic E-state index is 12.2. The lowest BCUT2D eigenvalue weighted by Crippen LogP contribution is -2.38. The van der Waals surface area contributed by atoms with Gasteiger partial charge >= 0.3 is 5.97 Å². The van der Waals surface area contributed by atoms with Crippen LogP contribution in [0.3, 0.4) is 0 Å². The Hall–Kier alpha value is -1.84. The van der Waals surface area contributed by atoms with Crippen LogP contribution in [0.15, 0.2) is 24.3 Å². The third-order valence-corrected chi connectivity index (χ3v) is 3.05. The molecule has 0 fully saturated rings. The molecule has 1 heterocycles. The second-order valence-corrected chi connectivity index (χ2v) is 4.41. The van der Waals surface area contributed by atoms with E-state index in [-0.39, 0.29) is 5.91 Å². The van der Waals surface area contributed by atoms with Crippen molar-refractivity contribution in [1.29, 1.82) is 0 Å². The molecule has 1 atom stereocenters. The van der Waals surface area contributed by atoms with Gasteiger partial charge in [-0.2, -0.15) is 0 Å². The zero-order valence-electron chi connectivity index (χ0n) is 10.7. The van der Waals surface area contributed by atoms with Crippen LogP contribution in [0.25, 0.3) is 0 Å². The van der Waals surface area contributed by atoms with E-state index in [9.17, 15) is 9.59 Å². The fraction of sp³-hybridized carbons (Fsp3) is 0.429. The molecule has 4 heteroatoms. The van der Waals surface area contributed by atoms with Gasteiger partial charge in [0.15, 0.2) is 6.10 Å². The molecule has 1 amide bonds. The minimum absolute atomic E-state index is 0.151. The Morgan fingerprint density at radius 2 is 2.00 bits per heavy atom. The van der Waals surface area contributed by atoms with Crippen molar-refractivity contribution in [1.82, 2.24) is 0 Å². The molecule has 2 rings (SSSR count). The first-order chi connectivity index (χ1) is 8.65. The van der Waals surface area contributed by atoms with Crippen LogP contribution in [0.1, 0.15) is 37.0 Å². The molecule has 0 bridgehead atoms. The monoisotopic (exact) mass is 247 g/mol. The molecule has 0 saturated heterocycles. The summed E-state index contributed by atoms with van der Waals surface area (Å²) in [6, 6.07) is 7.09. The first-order valence-electron chi connectivity index (χ1n) is 6.26. The minimum Gasteiger partial charge on any atom is -0.449 e. The van der Waals surface area contributed by atoms with Gasteiger partial charge in [-0.1, -0.05) is 25.5 Å². The quantitative estimate of drug-likeness (QED) is 0.770. The smallest absolute Gasteiger partial charge is 0.341 e. The number of anilines is 1. The molecule has 0 aromatic heterocycles. The first kappa shape index (κ1) is 12.6. The number of ether oxygens (including phenoxy) is 1. The molecule has 1 aliphatic heterocycles. The number of nitrogens with zero attached hydrogens (tertiary/aromatic N) is 1. The molecule has 1 aromatic carbocycles. The zero-order valence-corrected chi connectivity index (χ0v) is 10.7.